The van der Waals surface area contributed by atoms with Gasteiger partial charge in [0.25, 0.3) is 5.78 Å². The number of aromatic nitrogens is 1. The van der Waals surface area contributed by atoms with E-state index in [0.29, 0.717) is 18.1 Å². The highest BCUT2D eigenvalue weighted by Crippen LogP contribution is 2.44. The first-order valence-electron chi connectivity index (χ1n) is 13.1. The van der Waals surface area contributed by atoms with Gasteiger partial charge in [-0.1, -0.05) is 56.7 Å². The first-order valence-corrected chi connectivity index (χ1v) is 13.9. The molecule has 1 fully saturated rings. The number of esters is 1. The summed E-state index contributed by atoms with van der Waals surface area (Å²) in [5, 5.41) is 11.3. The van der Waals surface area contributed by atoms with Crippen molar-refractivity contribution in [3.63, 3.8) is 0 Å². The Morgan fingerprint density at radius 2 is 1.85 bits per heavy atom. The maximum absolute atomic E-state index is 15.2. The fourth-order valence-corrected chi connectivity index (χ4v) is 5.19. The monoisotopic (exact) mass is 566 g/mol. The van der Waals surface area contributed by atoms with Crippen LogP contribution in [0.15, 0.2) is 54.1 Å². The summed E-state index contributed by atoms with van der Waals surface area (Å²) in [6, 6.07) is 10.8. The molecule has 40 heavy (non-hydrogen) atoms. The molecule has 2 heterocycles. The first kappa shape index (κ1) is 28.9. The molecule has 4 rings (SSSR count). The number of carbonyl (C=O) groups excluding carboxylic acids is 3. The quantitative estimate of drug-likeness (QED) is 0.102. The number of hydrogen-bond acceptors (Lipinski definition) is 8. The van der Waals surface area contributed by atoms with Gasteiger partial charge in [0.05, 0.1) is 24.5 Å². The second kappa shape index (κ2) is 12.4. The topological polar surface area (TPSA) is 106 Å². The molecule has 1 aliphatic heterocycles. The van der Waals surface area contributed by atoms with Crippen LogP contribution in [0.3, 0.4) is 0 Å². The number of thiazole rings is 1. The van der Waals surface area contributed by atoms with Gasteiger partial charge in [0.2, 0.25) is 0 Å². The fourth-order valence-electron chi connectivity index (χ4n) is 4.20. The molecule has 1 amide bonds. The van der Waals surface area contributed by atoms with Crippen molar-refractivity contribution in [3.8, 4) is 5.75 Å². The number of ketones is 1. The summed E-state index contributed by atoms with van der Waals surface area (Å²) in [5.41, 5.74) is 0.281. The van der Waals surface area contributed by atoms with Gasteiger partial charge in [-0.15, -0.1) is 0 Å². The van der Waals surface area contributed by atoms with Gasteiger partial charge in [0.15, 0.2) is 5.13 Å². The van der Waals surface area contributed by atoms with Crippen LogP contribution in [0.1, 0.15) is 66.1 Å². The summed E-state index contributed by atoms with van der Waals surface area (Å²) in [7, 11) is 0. The Morgan fingerprint density at radius 1 is 1.15 bits per heavy atom. The zero-order valence-corrected chi connectivity index (χ0v) is 23.6. The number of halogens is 1. The minimum Gasteiger partial charge on any atom is -0.507 e. The minimum absolute atomic E-state index is 0.000411. The van der Waals surface area contributed by atoms with Crippen molar-refractivity contribution in [1.82, 2.24) is 4.98 Å². The second-order valence-corrected chi connectivity index (χ2v) is 10.8. The lowest BCUT2D eigenvalue weighted by atomic mass is 9.95. The molecule has 0 radical (unpaired) electrons. The molecule has 3 aromatic rings. The van der Waals surface area contributed by atoms with E-state index in [9.17, 15) is 19.5 Å². The van der Waals surface area contributed by atoms with Crippen LogP contribution in [-0.2, 0) is 14.3 Å². The Morgan fingerprint density at radius 3 is 2.50 bits per heavy atom. The van der Waals surface area contributed by atoms with Gasteiger partial charge in [-0.3, -0.25) is 14.5 Å². The molecule has 1 aromatic heterocycles. The molecule has 1 aliphatic rings. The normalized spacial score (nSPS) is 16.6. The number of Topliss-reactive ketones (excluding diaryl/α,β-unsaturated/α-hetero) is 1. The fraction of sp³-hybridized carbons (Fsp3) is 0.333. The number of aliphatic hydroxyl groups is 1. The third kappa shape index (κ3) is 5.91. The number of rotatable bonds is 10. The molecule has 10 heteroatoms. The molecule has 0 aliphatic carbocycles. The van der Waals surface area contributed by atoms with Crippen molar-refractivity contribution < 1.29 is 33.4 Å². The van der Waals surface area contributed by atoms with Crippen LogP contribution >= 0.6 is 11.3 Å². The van der Waals surface area contributed by atoms with Gasteiger partial charge < -0.3 is 14.6 Å². The Hall–Kier alpha value is -4.05. The summed E-state index contributed by atoms with van der Waals surface area (Å²) >= 11 is 0.872. The Labute approximate surface area is 236 Å². The number of aryl methyl sites for hydroxylation is 1. The van der Waals surface area contributed by atoms with Gasteiger partial charge in [0.1, 0.15) is 28.2 Å². The lowest BCUT2D eigenvalue weighted by Gasteiger charge is -2.23. The van der Waals surface area contributed by atoms with Crippen molar-refractivity contribution in [2.24, 2.45) is 5.92 Å². The van der Waals surface area contributed by atoms with E-state index in [2.05, 4.69) is 11.9 Å². The van der Waals surface area contributed by atoms with E-state index in [1.165, 1.54) is 18.2 Å². The molecule has 2 aromatic carbocycles. The van der Waals surface area contributed by atoms with Crippen LogP contribution in [0, 0.1) is 18.7 Å². The number of nitrogens with zero attached hydrogens (tertiary/aromatic N) is 2. The molecule has 1 atom stereocenters. The van der Waals surface area contributed by atoms with E-state index in [-0.39, 0.29) is 39.2 Å². The third-order valence-electron chi connectivity index (χ3n) is 6.26. The highest BCUT2D eigenvalue weighted by Gasteiger charge is 2.49. The summed E-state index contributed by atoms with van der Waals surface area (Å²) in [6.45, 7) is 8.19. The molecule has 1 unspecified atom stereocenters. The molecular formula is C30H31FN2O6S. The summed E-state index contributed by atoms with van der Waals surface area (Å²) < 4.78 is 26.1. The number of anilines is 1. The minimum atomic E-state index is -1.31. The van der Waals surface area contributed by atoms with Crippen LogP contribution < -0.4 is 9.64 Å². The number of hydrogen-bond donors (Lipinski definition) is 1. The van der Waals surface area contributed by atoms with E-state index in [4.69, 9.17) is 9.47 Å². The van der Waals surface area contributed by atoms with E-state index < -0.39 is 35.3 Å². The smallest absolute Gasteiger partial charge is 0.350 e. The lowest BCUT2D eigenvalue weighted by molar-refractivity contribution is -0.132. The number of benzene rings is 2. The highest BCUT2D eigenvalue weighted by atomic mass is 32.1. The molecule has 8 nitrogen and oxygen atoms in total. The van der Waals surface area contributed by atoms with Gasteiger partial charge >= 0.3 is 11.9 Å². The highest BCUT2D eigenvalue weighted by molar-refractivity contribution is 7.17. The lowest BCUT2D eigenvalue weighted by Crippen LogP contribution is -2.29. The number of carbonyl (C=O) groups is 3. The van der Waals surface area contributed by atoms with Gasteiger partial charge in [-0.25, -0.2) is 14.2 Å². The Kier molecular flexibility index (Phi) is 8.99. The molecule has 0 spiro atoms. The molecular weight excluding hydrogens is 535 g/mol. The predicted molar refractivity (Wildman–Crippen MR) is 150 cm³/mol. The van der Waals surface area contributed by atoms with Crippen LogP contribution in [0.2, 0.25) is 0 Å². The second-order valence-electron chi connectivity index (χ2n) is 9.82. The summed E-state index contributed by atoms with van der Waals surface area (Å²) in [5.74, 6) is -3.01. The SMILES string of the molecule is CCCCOc1ccc(C(O)=C2C(=O)C(=O)N(c3nc(C)c(C(=O)OCC(C)C)s3)C2c2ccccc2F)cc1. The van der Waals surface area contributed by atoms with Crippen molar-refractivity contribution in [3.05, 3.63) is 81.6 Å². The number of amides is 1. The van der Waals surface area contributed by atoms with Crippen LogP contribution in [0.5, 0.6) is 5.75 Å². The van der Waals surface area contributed by atoms with E-state index >= 15 is 4.39 Å². The van der Waals surface area contributed by atoms with Gasteiger partial charge in [-0.2, -0.15) is 0 Å². The van der Waals surface area contributed by atoms with Crippen LogP contribution in [0.4, 0.5) is 9.52 Å². The van der Waals surface area contributed by atoms with Crippen LogP contribution in [-0.4, -0.2) is 41.0 Å². The maximum atomic E-state index is 15.2. The van der Waals surface area contributed by atoms with E-state index in [1.807, 2.05) is 13.8 Å². The average molecular weight is 567 g/mol. The Balaban J connectivity index is 1.79. The predicted octanol–water partition coefficient (Wildman–Crippen LogP) is 6.21. The molecule has 1 saturated heterocycles. The van der Waals surface area contributed by atoms with Crippen molar-refractivity contribution in [2.45, 2.75) is 46.6 Å². The van der Waals surface area contributed by atoms with E-state index in [1.54, 1.807) is 37.3 Å². The summed E-state index contributed by atoms with van der Waals surface area (Å²) in [6.07, 6.45) is 1.87. The third-order valence-corrected chi connectivity index (χ3v) is 7.40. The molecule has 1 N–H and O–H groups in total. The zero-order valence-electron chi connectivity index (χ0n) is 22.8. The van der Waals surface area contributed by atoms with Crippen molar-refractivity contribution >= 4 is 39.9 Å². The van der Waals surface area contributed by atoms with E-state index in [0.717, 1.165) is 29.1 Å². The summed E-state index contributed by atoms with van der Waals surface area (Å²) in [4.78, 5) is 45.0. The number of aliphatic hydroxyl groups excluding tert-OH is 1. The zero-order chi connectivity index (χ0) is 29.0. The molecule has 0 saturated carbocycles. The maximum Gasteiger partial charge on any atom is 0.350 e. The first-order chi connectivity index (χ1) is 19.1. The van der Waals surface area contributed by atoms with Crippen molar-refractivity contribution in [2.75, 3.05) is 18.1 Å². The van der Waals surface area contributed by atoms with Crippen LogP contribution in [0.25, 0.3) is 5.76 Å². The van der Waals surface area contributed by atoms with Crippen molar-refractivity contribution in [1.29, 1.82) is 0 Å². The standard InChI is InChI=1S/C30H31FN2O6S/c1-5-6-15-38-20-13-11-19(12-14-20)25(34)23-24(21-9-7-8-10-22(21)31)33(28(36)26(23)35)30-32-18(4)27(40-30)29(37)39-16-17(2)3/h7-14,17,24,34H,5-6,15-16H2,1-4H3. The average Bonchev–Trinajstić information content (AvgIpc) is 3.44. The largest absolute Gasteiger partial charge is 0.507 e. The van der Waals surface area contributed by atoms with Gasteiger partial charge in [-0.05, 0) is 49.6 Å². The molecule has 0 bridgehead atoms. The number of ether oxygens (including phenoxy) is 2. The molecule has 210 valence electrons. The van der Waals surface area contributed by atoms with Gasteiger partial charge in [0, 0.05) is 11.1 Å². The Bertz CT molecular complexity index is 1450. The number of unbranched alkanes of at least 4 members (excludes halogenated alkanes) is 1.